The first-order chi connectivity index (χ1) is 20.3. The Balaban J connectivity index is 0.000000205. The molecule has 7 aromatic rings. The summed E-state index contributed by atoms with van der Waals surface area (Å²) in [5, 5.41) is 8.17. The van der Waals surface area contributed by atoms with Crippen LogP contribution in [0.3, 0.4) is 0 Å². The molecule has 0 unspecified atom stereocenters. The van der Waals surface area contributed by atoms with Gasteiger partial charge in [-0.2, -0.15) is 5.10 Å². The Labute approximate surface area is 256 Å². The van der Waals surface area contributed by atoms with Crippen molar-refractivity contribution in [3.63, 3.8) is 0 Å². The quantitative estimate of drug-likeness (QED) is 0.177. The van der Waals surface area contributed by atoms with Crippen molar-refractivity contribution in [3.05, 3.63) is 151 Å². The van der Waals surface area contributed by atoms with Gasteiger partial charge in [-0.1, -0.05) is 60.2 Å². The van der Waals surface area contributed by atoms with E-state index in [2.05, 4.69) is 27.3 Å². The minimum atomic E-state index is -0.254. The average Bonchev–Trinajstić information content (AvgIpc) is 3.63. The number of halogens is 1. The summed E-state index contributed by atoms with van der Waals surface area (Å²) < 4.78 is 16.9. The van der Waals surface area contributed by atoms with Crippen molar-refractivity contribution in [1.82, 2.24) is 24.7 Å². The van der Waals surface area contributed by atoms with Crippen molar-refractivity contribution < 1.29 is 24.5 Å². The maximum absolute atomic E-state index is 14.8. The van der Waals surface area contributed by atoms with Crippen LogP contribution in [0.5, 0.6) is 0 Å². The van der Waals surface area contributed by atoms with Gasteiger partial charge in [0.15, 0.2) is 5.65 Å². The normalized spacial score (nSPS) is 11.2. The van der Waals surface area contributed by atoms with Gasteiger partial charge in [-0.15, -0.1) is 64.3 Å². The maximum atomic E-state index is 14.8. The van der Waals surface area contributed by atoms with Crippen molar-refractivity contribution in [2.24, 2.45) is 0 Å². The Morgan fingerprint density at radius 1 is 0.786 bits per heavy atom. The molecule has 0 atom stereocenters. The number of benzene rings is 4. The van der Waals surface area contributed by atoms with E-state index in [9.17, 15) is 4.39 Å². The van der Waals surface area contributed by atoms with Gasteiger partial charge < -0.3 is 9.55 Å². The van der Waals surface area contributed by atoms with Gasteiger partial charge in [0.05, 0.1) is 17.5 Å². The monoisotopic (exact) mass is 724 g/mol. The van der Waals surface area contributed by atoms with Crippen molar-refractivity contribution in [1.29, 1.82) is 0 Å². The summed E-state index contributed by atoms with van der Waals surface area (Å²) in [6.07, 6.45) is 4.09. The van der Waals surface area contributed by atoms with Crippen LogP contribution in [0.4, 0.5) is 4.39 Å². The smallest absolute Gasteiger partial charge is 0.190 e. The molecule has 0 aliphatic heterocycles. The molecule has 1 aliphatic rings. The summed E-state index contributed by atoms with van der Waals surface area (Å²) in [5.41, 5.74) is 8.77. The molecular weight excluding hydrogens is 702 g/mol. The molecule has 0 saturated heterocycles. The third-order valence-corrected chi connectivity index (χ3v) is 7.07. The molecule has 5 nitrogen and oxygen atoms in total. The SMILES string of the molecule is Fc1c[c-]c(-c2nc3nnccc3n2-c2ccccc2)c2c1-c1ccccc1C2.[Ir].[c-]1ccccc1-c1ccccn1. The van der Waals surface area contributed by atoms with Crippen LogP contribution in [0.2, 0.25) is 0 Å². The molecule has 8 rings (SSSR count). The topological polar surface area (TPSA) is 56.5 Å². The molecule has 3 heterocycles. The molecule has 3 aromatic heterocycles. The summed E-state index contributed by atoms with van der Waals surface area (Å²) in [4.78, 5) is 8.98. The van der Waals surface area contributed by atoms with Gasteiger partial charge in [-0.3, -0.25) is 9.37 Å². The van der Waals surface area contributed by atoms with E-state index in [0.29, 0.717) is 23.5 Å². The second-order valence-electron chi connectivity index (χ2n) is 9.54. The first-order valence-corrected chi connectivity index (χ1v) is 13.2. The minimum Gasteiger partial charge on any atom is -0.332 e. The Bertz CT molecular complexity index is 1940. The fourth-order valence-electron chi connectivity index (χ4n) is 5.26. The van der Waals surface area contributed by atoms with Crippen LogP contribution < -0.4 is 0 Å². The molecule has 1 aliphatic carbocycles. The summed E-state index contributed by atoms with van der Waals surface area (Å²) in [6.45, 7) is 0. The number of rotatable bonds is 3. The van der Waals surface area contributed by atoms with Crippen LogP contribution in [-0.4, -0.2) is 24.7 Å². The number of para-hydroxylation sites is 1. The van der Waals surface area contributed by atoms with Gasteiger partial charge in [-0.05, 0) is 47.5 Å². The number of imidazole rings is 1. The van der Waals surface area contributed by atoms with Crippen LogP contribution >= 0.6 is 0 Å². The van der Waals surface area contributed by atoms with E-state index < -0.39 is 0 Å². The van der Waals surface area contributed by atoms with Crippen molar-refractivity contribution >= 4 is 11.2 Å². The van der Waals surface area contributed by atoms with E-state index in [0.717, 1.165) is 44.7 Å². The second-order valence-corrected chi connectivity index (χ2v) is 9.54. The Hall–Kier alpha value is -4.84. The van der Waals surface area contributed by atoms with Crippen molar-refractivity contribution in [2.75, 3.05) is 0 Å². The number of hydrogen-bond acceptors (Lipinski definition) is 4. The molecule has 205 valence electrons. The summed E-state index contributed by atoms with van der Waals surface area (Å²) in [5.74, 6) is 0.437. The first-order valence-electron chi connectivity index (χ1n) is 13.2. The zero-order valence-corrected chi connectivity index (χ0v) is 24.6. The van der Waals surface area contributed by atoms with Crippen LogP contribution in [0, 0.1) is 17.9 Å². The standard InChI is InChI=1S/C24H14FN4.C11H8N.Ir/c25-20-11-10-18(19-14-15-6-4-5-9-17(15)22(19)20)24-27-23-21(12-13-26-28-23)29(24)16-7-2-1-3-8-16;1-2-6-10(7-3-1)11-8-4-5-9-12-11;/h1-9,11-13H,14H2;1-6,8-9H;/q2*-1;. The Kier molecular flexibility index (Phi) is 7.78. The predicted molar refractivity (Wildman–Crippen MR) is 158 cm³/mol. The number of pyridine rings is 1. The molecule has 7 heteroatoms. The van der Waals surface area contributed by atoms with Crippen LogP contribution in [0.15, 0.2) is 122 Å². The zero-order valence-electron chi connectivity index (χ0n) is 22.2. The maximum Gasteiger partial charge on any atom is 0.190 e. The summed E-state index contributed by atoms with van der Waals surface area (Å²) in [7, 11) is 0. The molecule has 1 radical (unpaired) electrons. The summed E-state index contributed by atoms with van der Waals surface area (Å²) >= 11 is 0. The molecule has 0 N–H and O–H groups in total. The van der Waals surface area contributed by atoms with Crippen LogP contribution in [-0.2, 0) is 26.5 Å². The number of nitrogens with zero attached hydrogens (tertiary/aromatic N) is 5. The van der Waals surface area contributed by atoms with E-state index >= 15 is 0 Å². The average molecular weight is 724 g/mol. The molecule has 0 spiro atoms. The molecule has 0 saturated carbocycles. The third kappa shape index (κ3) is 5.05. The van der Waals surface area contributed by atoms with Crippen molar-refractivity contribution in [2.45, 2.75) is 6.42 Å². The third-order valence-electron chi connectivity index (χ3n) is 7.07. The summed E-state index contributed by atoms with van der Waals surface area (Å²) in [6, 6.07) is 41.2. The minimum absolute atomic E-state index is 0. The van der Waals surface area contributed by atoms with Gasteiger partial charge >= 0.3 is 0 Å². The molecule has 0 fully saturated rings. The van der Waals surface area contributed by atoms with E-state index in [1.807, 2.05) is 108 Å². The first kappa shape index (κ1) is 27.3. The van der Waals surface area contributed by atoms with Crippen LogP contribution in [0.25, 0.3) is 50.6 Å². The van der Waals surface area contributed by atoms with Gasteiger partial charge in [-0.25, -0.2) is 0 Å². The number of fused-ring (bicyclic) bond motifs is 4. The molecule has 4 aromatic carbocycles. The fraction of sp³-hybridized carbons (Fsp3) is 0.0286. The van der Waals surface area contributed by atoms with Gasteiger partial charge in [0.2, 0.25) is 0 Å². The van der Waals surface area contributed by atoms with Gasteiger partial charge in [0.1, 0.15) is 0 Å². The van der Waals surface area contributed by atoms with E-state index in [1.165, 1.54) is 6.07 Å². The number of aromatic nitrogens is 5. The molecule has 0 amide bonds. The van der Waals surface area contributed by atoms with Gasteiger partial charge in [0.25, 0.3) is 0 Å². The molecule has 42 heavy (non-hydrogen) atoms. The van der Waals surface area contributed by atoms with Gasteiger partial charge in [0, 0.05) is 37.8 Å². The fourth-order valence-corrected chi connectivity index (χ4v) is 5.26. The second kappa shape index (κ2) is 12.0. The van der Waals surface area contributed by atoms with E-state index in [-0.39, 0.29) is 25.9 Å². The van der Waals surface area contributed by atoms with Crippen LogP contribution in [0.1, 0.15) is 11.1 Å². The Morgan fingerprint density at radius 3 is 2.40 bits per heavy atom. The Morgan fingerprint density at radius 2 is 1.60 bits per heavy atom. The molecule has 0 bridgehead atoms. The van der Waals surface area contributed by atoms with E-state index in [1.54, 1.807) is 12.4 Å². The largest absolute Gasteiger partial charge is 0.332 e. The van der Waals surface area contributed by atoms with E-state index in [4.69, 9.17) is 4.98 Å². The predicted octanol–water partition coefficient (Wildman–Crippen LogP) is 7.54. The number of hydrogen-bond donors (Lipinski definition) is 0. The zero-order chi connectivity index (χ0) is 27.6. The molecular formula is C35H22FIrN5-2. The van der Waals surface area contributed by atoms with Crippen molar-refractivity contribution in [3.8, 4) is 39.5 Å².